The third-order valence-electron chi connectivity index (χ3n) is 3.45. The van der Waals surface area contributed by atoms with Crippen LogP contribution in [0.25, 0.3) is 9.88 Å². The zero-order chi connectivity index (χ0) is 15.9. The van der Waals surface area contributed by atoms with Crippen LogP contribution in [0.4, 0.5) is 0 Å². The summed E-state index contributed by atoms with van der Waals surface area (Å²) in [5.41, 5.74) is 0.861. The summed E-state index contributed by atoms with van der Waals surface area (Å²) in [6, 6.07) is 4.32. The first-order chi connectivity index (χ1) is 10.5. The lowest BCUT2D eigenvalue weighted by atomic mass is 10.0. The molecule has 120 valence electrons. The van der Waals surface area contributed by atoms with Crippen molar-refractivity contribution >= 4 is 28.6 Å². The standard InChI is InChI=1S/C17H24N2OS2/c1-12(2)6-4-7-13(3)18-16(20)10-14-11-22-17(19-14)15-8-5-9-21-15/h5,8-9,11-13H,4,6-7,10H2,1-3H3,(H,18,20)/t13-/m1/s1. The summed E-state index contributed by atoms with van der Waals surface area (Å²) in [5.74, 6) is 0.800. The van der Waals surface area contributed by atoms with Gasteiger partial charge in [0, 0.05) is 11.4 Å². The van der Waals surface area contributed by atoms with Crippen molar-refractivity contribution in [3.63, 3.8) is 0 Å². The molecule has 5 heteroatoms. The second-order valence-corrected chi connectivity index (χ2v) is 7.90. The summed E-state index contributed by atoms with van der Waals surface area (Å²) in [7, 11) is 0. The van der Waals surface area contributed by atoms with Gasteiger partial charge < -0.3 is 5.32 Å². The van der Waals surface area contributed by atoms with Crippen molar-refractivity contribution in [2.45, 2.75) is 52.5 Å². The van der Waals surface area contributed by atoms with Gasteiger partial charge in [0.25, 0.3) is 0 Å². The summed E-state index contributed by atoms with van der Waals surface area (Å²) in [4.78, 5) is 17.8. The molecule has 2 aromatic rings. The van der Waals surface area contributed by atoms with Gasteiger partial charge in [-0.15, -0.1) is 22.7 Å². The van der Waals surface area contributed by atoms with E-state index in [9.17, 15) is 4.79 Å². The molecule has 2 rings (SSSR count). The number of nitrogens with one attached hydrogen (secondary N) is 1. The maximum absolute atomic E-state index is 12.1. The fourth-order valence-corrected chi connectivity index (χ4v) is 3.93. The minimum atomic E-state index is 0.0695. The van der Waals surface area contributed by atoms with Crippen molar-refractivity contribution in [2.24, 2.45) is 5.92 Å². The van der Waals surface area contributed by atoms with Gasteiger partial charge in [0.05, 0.1) is 17.0 Å². The molecule has 1 atom stereocenters. The summed E-state index contributed by atoms with van der Waals surface area (Å²) in [6.45, 7) is 6.55. The van der Waals surface area contributed by atoms with Crippen LogP contribution in [0, 0.1) is 5.92 Å². The number of thiazole rings is 1. The Balaban J connectivity index is 1.77. The van der Waals surface area contributed by atoms with Crippen LogP contribution in [0.1, 0.15) is 45.7 Å². The number of aromatic nitrogens is 1. The number of rotatable bonds is 8. The van der Waals surface area contributed by atoms with Gasteiger partial charge in [-0.1, -0.05) is 32.8 Å². The van der Waals surface area contributed by atoms with Crippen molar-refractivity contribution in [1.29, 1.82) is 0 Å². The first-order valence-corrected chi connectivity index (χ1v) is 9.58. The van der Waals surface area contributed by atoms with E-state index in [1.54, 1.807) is 22.7 Å². The Labute approximate surface area is 140 Å². The first-order valence-electron chi connectivity index (χ1n) is 7.82. The number of hydrogen-bond donors (Lipinski definition) is 1. The third kappa shape index (κ3) is 5.54. The van der Waals surface area contributed by atoms with Crippen molar-refractivity contribution < 1.29 is 4.79 Å². The van der Waals surface area contributed by atoms with Crippen molar-refractivity contribution in [2.75, 3.05) is 0 Å². The Morgan fingerprint density at radius 1 is 1.27 bits per heavy atom. The zero-order valence-electron chi connectivity index (χ0n) is 13.5. The van der Waals surface area contributed by atoms with E-state index in [4.69, 9.17) is 0 Å². The van der Waals surface area contributed by atoms with Gasteiger partial charge in [-0.05, 0) is 30.7 Å². The second-order valence-electron chi connectivity index (χ2n) is 6.09. The van der Waals surface area contributed by atoms with E-state index in [1.165, 1.54) is 17.7 Å². The Morgan fingerprint density at radius 3 is 2.77 bits per heavy atom. The molecule has 0 fully saturated rings. The first kappa shape index (κ1) is 17.2. The van der Waals surface area contributed by atoms with E-state index in [0.717, 1.165) is 23.0 Å². The molecular formula is C17H24N2OS2. The van der Waals surface area contributed by atoms with Crippen molar-refractivity contribution in [3.8, 4) is 9.88 Å². The van der Waals surface area contributed by atoms with Gasteiger partial charge in [-0.3, -0.25) is 4.79 Å². The molecule has 0 unspecified atom stereocenters. The molecule has 0 radical (unpaired) electrons. The molecule has 0 bridgehead atoms. The van der Waals surface area contributed by atoms with Gasteiger partial charge in [0.1, 0.15) is 5.01 Å². The van der Waals surface area contributed by atoms with Gasteiger partial charge in [0.2, 0.25) is 5.91 Å². The van der Waals surface area contributed by atoms with Crippen LogP contribution in [0.3, 0.4) is 0 Å². The normalized spacial score (nSPS) is 12.5. The van der Waals surface area contributed by atoms with Gasteiger partial charge in [0.15, 0.2) is 0 Å². The molecule has 0 aromatic carbocycles. The van der Waals surface area contributed by atoms with Crippen molar-refractivity contribution in [1.82, 2.24) is 10.3 Å². The van der Waals surface area contributed by atoms with Crippen LogP contribution in [0.2, 0.25) is 0 Å². The van der Waals surface area contributed by atoms with E-state index in [-0.39, 0.29) is 11.9 Å². The molecule has 22 heavy (non-hydrogen) atoms. The lowest BCUT2D eigenvalue weighted by Gasteiger charge is -2.14. The number of carbonyl (C=O) groups is 1. The van der Waals surface area contributed by atoms with Gasteiger partial charge >= 0.3 is 0 Å². The SMILES string of the molecule is CC(C)CCC[C@@H](C)NC(=O)Cc1csc(-c2cccs2)n1. The predicted molar refractivity (Wildman–Crippen MR) is 95.4 cm³/mol. The predicted octanol–water partition coefficient (Wildman–Crippen LogP) is 4.75. The number of hydrogen-bond acceptors (Lipinski definition) is 4. The van der Waals surface area contributed by atoms with E-state index in [0.29, 0.717) is 6.42 Å². The maximum Gasteiger partial charge on any atom is 0.226 e. The Hall–Kier alpha value is -1.20. The zero-order valence-corrected chi connectivity index (χ0v) is 15.1. The summed E-state index contributed by atoms with van der Waals surface area (Å²) in [6.07, 6.45) is 3.80. The van der Waals surface area contributed by atoms with E-state index >= 15 is 0 Å². The minimum absolute atomic E-state index is 0.0695. The van der Waals surface area contributed by atoms with Crippen LogP contribution < -0.4 is 5.32 Å². The number of amides is 1. The maximum atomic E-state index is 12.1. The summed E-state index contributed by atoms with van der Waals surface area (Å²) < 4.78 is 0. The van der Waals surface area contributed by atoms with Crippen LogP contribution in [0.15, 0.2) is 22.9 Å². The molecule has 0 saturated carbocycles. The summed E-state index contributed by atoms with van der Waals surface area (Å²) in [5, 5.41) is 8.10. The molecule has 0 saturated heterocycles. The number of thiophene rings is 1. The smallest absolute Gasteiger partial charge is 0.226 e. The number of carbonyl (C=O) groups excluding carboxylic acids is 1. The molecule has 3 nitrogen and oxygen atoms in total. The Morgan fingerprint density at radius 2 is 2.09 bits per heavy atom. The molecular weight excluding hydrogens is 312 g/mol. The molecule has 0 aliphatic heterocycles. The highest BCUT2D eigenvalue weighted by Crippen LogP contribution is 2.27. The molecule has 0 aliphatic rings. The van der Waals surface area contributed by atoms with Crippen LogP contribution >= 0.6 is 22.7 Å². The van der Waals surface area contributed by atoms with E-state index in [1.807, 2.05) is 16.8 Å². The minimum Gasteiger partial charge on any atom is -0.353 e. The van der Waals surface area contributed by atoms with Crippen molar-refractivity contribution in [3.05, 3.63) is 28.6 Å². The Bertz CT molecular complexity index is 575. The molecule has 2 aromatic heterocycles. The topological polar surface area (TPSA) is 42.0 Å². The molecule has 0 spiro atoms. The van der Waals surface area contributed by atoms with Gasteiger partial charge in [-0.2, -0.15) is 0 Å². The molecule has 0 aliphatic carbocycles. The second kappa shape index (κ2) is 8.44. The van der Waals surface area contributed by atoms with Crippen LogP contribution in [-0.2, 0) is 11.2 Å². The molecule has 2 heterocycles. The average molecular weight is 337 g/mol. The number of nitrogens with zero attached hydrogens (tertiary/aromatic N) is 1. The van der Waals surface area contributed by atoms with Crippen LogP contribution in [-0.4, -0.2) is 16.9 Å². The fraction of sp³-hybridized carbons (Fsp3) is 0.529. The Kier molecular flexibility index (Phi) is 6.58. The highest BCUT2D eigenvalue weighted by molar-refractivity contribution is 7.20. The monoisotopic (exact) mass is 336 g/mol. The largest absolute Gasteiger partial charge is 0.353 e. The quantitative estimate of drug-likeness (QED) is 0.756. The highest BCUT2D eigenvalue weighted by atomic mass is 32.1. The van der Waals surface area contributed by atoms with Gasteiger partial charge in [-0.25, -0.2) is 4.98 Å². The molecule has 1 amide bonds. The van der Waals surface area contributed by atoms with E-state index in [2.05, 4.69) is 37.1 Å². The fourth-order valence-electron chi connectivity index (χ4n) is 2.30. The lowest BCUT2D eigenvalue weighted by molar-refractivity contribution is -0.121. The summed E-state index contributed by atoms with van der Waals surface area (Å²) >= 11 is 3.28. The average Bonchev–Trinajstić information content (AvgIpc) is 3.07. The third-order valence-corrected chi connectivity index (χ3v) is 5.38. The lowest BCUT2D eigenvalue weighted by Crippen LogP contribution is -2.33. The molecule has 1 N–H and O–H groups in total. The highest BCUT2D eigenvalue weighted by Gasteiger charge is 2.12. The van der Waals surface area contributed by atoms with E-state index < -0.39 is 0 Å². The van der Waals surface area contributed by atoms with Crippen LogP contribution in [0.5, 0.6) is 0 Å².